The fourth-order valence-electron chi connectivity index (χ4n) is 3.52. The fourth-order valence-corrected chi connectivity index (χ4v) is 3.52. The van der Waals surface area contributed by atoms with Gasteiger partial charge in [0.15, 0.2) is 0 Å². The molecule has 0 saturated carbocycles. The van der Waals surface area contributed by atoms with Gasteiger partial charge in [0, 0.05) is 5.69 Å². The van der Waals surface area contributed by atoms with Crippen LogP contribution in [0.4, 0.5) is 11.4 Å². The van der Waals surface area contributed by atoms with E-state index in [0.29, 0.717) is 17.0 Å². The van der Waals surface area contributed by atoms with Crippen LogP contribution in [0, 0.1) is 6.92 Å². The van der Waals surface area contributed by atoms with E-state index in [4.69, 9.17) is 0 Å². The van der Waals surface area contributed by atoms with E-state index in [1.165, 1.54) is 10.5 Å². The van der Waals surface area contributed by atoms with Gasteiger partial charge in [0.25, 0.3) is 11.8 Å². The third-order valence-corrected chi connectivity index (χ3v) is 5.13. The molecule has 0 atom stereocenters. The van der Waals surface area contributed by atoms with E-state index >= 15 is 0 Å². The van der Waals surface area contributed by atoms with Gasteiger partial charge in [-0.3, -0.25) is 9.59 Å². The molecule has 3 aromatic carbocycles. The lowest BCUT2D eigenvalue weighted by atomic mass is 10.0. The number of imide groups is 1. The molecule has 1 heterocycles. The molecule has 3 aromatic rings. The van der Waals surface area contributed by atoms with Crippen LogP contribution in [0.1, 0.15) is 23.6 Å². The highest BCUT2D eigenvalue weighted by molar-refractivity contribution is 6.46. The van der Waals surface area contributed by atoms with Crippen molar-refractivity contribution in [2.45, 2.75) is 20.3 Å². The maximum absolute atomic E-state index is 13.4. The van der Waals surface area contributed by atoms with Gasteiger partial charge in [-0.1, -0.05) is 67.6 Å². The van der Waals surface area contributed by atoms with Crippen LogP contribution in [0.5, 0.6) is 0 Å². The molecule has 4 rings (SSSR count). The van der Waals surface area contributed by atoms with Gasteiger partial charge in [0.2, 0.25) is 0 Å². The Hall–Kier alpha value is -3.66. The van der Waals surface area contributed by atoms with Crippen LogP contribution < -0.4 is 10.2 Å². The van der Waals surface area contributed by atoms with Crippen LogP contribution in [-0.2, 0) is 16.0 Å². The van der Waals surface area contributed by atoms with Gasteiger partial charge in [-0.05, 0) is 48.2 Å². The first-order valence-corrected chi connectivity index (χ1v) is 9.70. The largest absolute Gasteiger partial charge is 0.350 e. The van der Waals surface area contributed by atoms with Gasteiger partial charge in [-0.25, -0.2) is 4.90 Å². The van der Waals surface area contributed by atoms with E-state index in [1.54, 1.807) is 6.07 Å². The zero-order valence-corrected chi connectivity index (χ0v) is 16.5. The molecule has 1 aliphatic heterocycles. The smallest absolute Gasteiger partial charge is 0.282 e. The minimum atomic E-state index is -0.345. The standard InChI is InChI=1S/C25H22N2O2/c1-3-18-13-15-20(16-14-18)26-23-22(19-10-5-4-6-11-19)24(28)27(25(23)29)21-12-8-7-9-17(21)2/h4-16,26H,3H2,1-2H3. The molecule has 0 aromatic heterocycles. The molecule has 4 nitrogen and oxygen atoms in total. The van der Waals surface area contributed by atoms with Gasteiger partial charge in [-0.2, -0.15) is 0 Å². The van der Waals surface area contributed by atoms with Crippen molar-refractivity contribution in [1.82, 2.24) is 0 Å². The Morgan fingerprint density at radius 1 is 0.793 bits per heavy atom. The number of nitrogens with zero attached hydrogens (tertiary/aromatic N) is 1. The SMILES string of the molecule is CCc1ccc(NC2=C(c3ccccc3)C(=O)N(c3ccccc3C)C2=O)cc1. The summed E-state index contributed by atoms with van der Waals surface area (Å²) >= 11 is 0. The summed E-state index contributed by atoms with van der Waals surface area (Å²) in [5, 5.41) is 3.21. The third-order valence-electron chi connectivity index (χ3n) is 5.13. The summed E-state index contributed by atoms with van der Waals surface area (Å²) in [4.78, 5) is 28.0. The highest BCUT2D eigenvalue weighted by Crippen LogP contribution is 2.34. The summed E-state index contributed by atoms with van der Waals surface area (Å²) < 4.78 is 0. The quantitative estimate of drug-likeness (QED) is 0.635. The zero-order valence-electron chi connectivity index (χ0n) is 16.5. The average Bonchev–Trinajstić information content (AvgIpc) is 2.99. The Morgan fingerprint density at radius 3 is 2.10 bits per heavy atom. The number of hydrogen-bond donors (Lipinski definition) is 1. The molecule has 0 radical (unpaired) electrons. The van der Waals surface area contributed by atoms with E-state index in [1.807, 2.05) is 79.7 Å². The first kappa shape index (κ1) is 18.7. The number of benzene rings is 3. The first-order valence-electron chi connectivity index (χ1n) is 9.70. The third kappa shape index (κ3) is 3.45. The Balaban J connectivity index is 1.80. The molecule has 1 N–H and O–H groups in total. The van der Waals surface area contributed by atoms with Crippen LogP contribution in [0.2, 0.25) is 0 Å². The Labute approximate surface area is 170 Å². The summed E-state index contributed by atoms with van der Waals surface area (Å²) in [5.74, 6) is -0.661. The Kier molecular flexibility index (Phi) is 5.00. The minimum absolute atomic E-state index is 0.300. The van der Waals surface area contributed by atoms with Gasteiger partial charge >= 0.3 is 0 Å². The molecule has 0 saturated heterocycles. The summed E-state index contributed by atoms with van der Waals surface area (Å²) in [5.41, 5.74) is 4.87. The van der Waals surface area contributed by atoms with Crippen LogP contribution in [-0.4, -0.2) is 11.8 Å². The van der Waals surface area contributed by atoms with Crippen LogP contribution in [0.3, 0.4) is 0 Å². The van der Waals surface area contributed by atoms with Gasteiger partial charge < -0.3 is 5.32 Å². The highest BCUT2D eigenvalue weighted by atomic mass is 16.2. The number of carbonyl (C=O) groups is 2. The molecule has 0 fully saturated rings. The molecule has 1 aliphatic rings. The molecule has 29 heavy (non-hydrogen) atoms. The van der Waals surface area contributed by atoms with Crippen molar-refractivity contribution in [3.63, 3.8) is 0 Å². The summed E-state index contributed by atoms with van der Waals surface area (Å²) in [7, 11) is 0. The van der Waals surface area contributed by atoms with Gasteiger partial charge in [0.05, 0.1) is 11.3 Å². The van der Waals surface area contributed by atoms with Gasteiger partial charge in [-0.15, -0.1) is 0 Å². The molecular formula is C25H22N2O2. The second-order valence-corrected chi connectivity index (χ2v) is 7.02. The second-order valence-electron chi connectivity index (χ2n) is 7.02. The van der Waals surface area contributed by atoms with Crippen molar-refractivity contribution in [3.8, 4) is 0 Å². The molecule has 0 unspecified atom stereocenters. The zero-order chi connectivity index (χ0) is 20.4. The average molecular weight is 382 g/mol. The number of carbonyl (C=O) groups excluding carboxylic acids is 2. The monoisotopic (exact) mass is 382 g/mol. The van der Waals surface area contributed by atoms with Crippen molar-refractivity contribution in [1.29, 1.82) is 0 Å². The van der Waals surface area contributed by atoms with E-state index in [9.17, 15) is 9.59 Å². The molecular weight excluding hydrogens is 360 g/mol. The number of aryl methyl sites for hydroxylation is 2. The second kappa shape index (κ2) is 7.76. The molecule has 0 aliphatic carbocycles. The van der Waals surface area contributed by atoms with Crippen LogP contribution in [0.25, 0.3) is 5.57 Å². The van der Waals surface area contributed by atoms with Crippen molar-refractivity contribution in [2.24, 2.45) is 0 Å². The summed E-state index contributed by atoms with van der Waals surface area (Å²) in [6.07, 6.45) is 0.941. The summed E-state index contributed by atoms with van der Waals surface area (Å²) in [6.45, 7) is 3.99. The number of nitrogens with one attached hydrogen (secondary N) is 1. The highest BCUT2D eigenvalue weighted by Gasteiger charge is 2.40. The first-order chi connectivity index (χ1) is 14.1. The maximum Gasteiger partial charge on any atom is 0.282 e. The Morgan fingerprint density at radius 2 is 1.45 bits per heavy atom. The van der Waals surface area contributed by atoms with Crippen molar-refractivity contribution < 1.29 is 9.59 Å². The van der Waals surface area contributed by atoms with Crippen LogP contribution >= 0.6 is 0 Å². The van der Waals surface area contributed by atoms with Crippen molar-refractivity contribution in [2.75, 3.05) is 10.2 Å². The van der Waals surface area contributed by atoms with Crippen LogP contribution in [0.15, 0.2) is 84.6 Å². The molecule has 2 amide bonds. The predicted molar refractivity (Wildman–Crippen MR) is 116 cm³/mol. The van der Waals surface area contributed by atoms with E-state index in [-0.39, 0.29) is 11.8 Å². The van der Waals surface area contributed by atoms with E-state index in [2.05, 4.69) is 12.2 Å². The summed E-state index contributed by atoms with van der Waals surface area (Å²) in [6, 6.07) is 24.6. The molecule has 144 valence electrons. The molecule has 0 spiro atoms. The molecule has 4 heteroatoms. The lowest BCUT2D eigenvalue weighted by Gasteiger charge is -2.17. The normalized spacial score (nSPS) is 13.9. The predicted octanol–water partition coefficient (Wildman–Crippen LogP) is 4.95. The number of hydrogen-bond acceptors (Lipinski definition) is 3. The van der Waals surface area contributed by atoms with Gasteiger partial charge in [0.1, 0.15) is 5.70 Å². The number of para-hydroxylation sites is 1. The maximum atomic E-state index is 13.4. The fraction of sp³-hybridized carbons (Fsp3) is 0.120. The molecule has 0 bridgehead atoms. The minimum Gasteiger partial charge on any atom is -0.350 e. The number of rotatable bonds is 5. The van der Waals surface area contributed by atoms with Crippen molar-refractivity contribution in [3.05, 3.63) is 101 Å². The number of amides is 2. The van der Waals surface area contributed by atoms with Crippen molar-refractivity contribution >= 4 is 28.8 Å². The Bertz CT molecular complexity index is 1100. The lowest BCUT2D eigenvalue weighted by molar-refractivity contribution is -0.120. The lowest BCUT2D eigenvalue weighted by Crippen LogP contribution is -2.33. The van der Waals surface area contributed by atoms with E-state index < -0.39 is 0 Å². The number of anilines is 2. The topological polar surface area (TPSA) is 49.4 Å². The van der Waals surface area contributed by atoms with E-state index in [0.717, 1.165) is 23.2 Å².